The maximum atomic E-state index is 12.5. The van der Waals surface area contributed by atoms with Crippen LogP contribution in [0.25, 0.3) is 0 Å². The van der Waals surface area contributed by atoms with Crippen LogP contribution >= 0.6 is 0 Å². The third-order valence-electron chi connectivity index (χ3n) is 3.12. The average molecular weight is 347 g/mol. The molecular weight excluding hydrogens is 326 g/mol. The zero-order chi connectivity index (χ0) is 17.8. The van der Waals surface area contributed by atoms with Crippen molar-refractivity contribution in [3.63, 3.8) is 0 Å². The maximum absolute atomic E-state index is 12.5. The highest BCUT2D eigenvalue weighted by Crippen LogP contribution is 2.20. The lowest BCUT2D eigenvalue weighted by atomic mass is 10.2. The van der Waals surface area contributed by atoms with Crippen molar-refractivity contribution in [2.24, 2.45) is 0 Å². The number of hydrogen-bond donors (Lipinski definition) is 1. The molecule has 0 aromatic heterocycles. The standard InChI is InChI=1S/C18H21NO4S/c1-18(2,3)23-17(20)19-13-14-9-11-16(12-10-14)24(21,22)15-7-5-4-6-8-15/h4-12H,13H2,1-3H3,(H,19,20). The van der Waals surface area contributed by atoms with Crippen LogP contribution in [0.15, 0.2) is 64.4 Å². The van der Waals surface area contributed by atoms with Crippen molar-refractivity contribution in [1.82, 2.24) is 5.32 Å². The Kier molecular flexibility index (Phi) is 5.29. The molecule has 0 radical (unpaired) electrons. The summed E-state index contributed by atoms with van der Waals surface area (Å²) in [6, 6.07) is 14.7. The summed E-state index contributed by atoms with van der Waals surface area (Å²) < 4.78 is 30.1. The molecule has 0 saturated heterocycles. The second kappa shape index (κ2) is 7.05. The molecule has 0 spiro atoms. The van der Waals surface area contributed by atoms with Crippen LogP contribution in [-0.4, -0.2) is 20.1 Å². The van der Waals surface area contributed by atoms with E-state index in [-0.39, 0.29) is 16.3 Å². The molecule has 24 heavy (non-hydrogen) atoms. The molecule has 2 rings (SSSR count). The molecular formula is C18H21NO4S. The molecule has 5 nitrogen and oxygen atoms in total. The topological polar surface area (TPSA) is 72.5 Å². The number of carbonyl (C=O) groups is 1. The van der Waals surface area contributed by atoms with Crippen molar-refractivity contribution in [3.05, 3.63) is 60.2 Å². The molecule has 0 aliphatic rings. The Labute approximate surface area is 142 Å². The normalized spacial score (nSPS) is 11.8. The lowest BCUT2D eigenvalue weighted by Crippen LogP contribution is -2.32. The molecule has 1 N–H and O–H groups in total. The first-order valence-electron chi connectivity index (χ1n) is 7.54. The van der Waals surface area contributed by atoms with Crippen LogP contribution in [0.2, 0.25) is 0 Å². The fourth-order valence-electron chi connectivity index (χ4n) is 2.01. The fourth-order valence-corrected chi connectivity index (χ4v) is 3.29. The molecule has 0 bridgehead atoms. The first kappa shape index (κ1) is 18.0. The number of benzene rings is 2. The van der Waals surface area contributed by atoms with Crippen molar-refractivity contribution in [1.29, 1.82) is 0 Å². The summed E-state index contributed by atoms with van der Waals surface area (Å²) in [5.41, 5.74) is 0.227. The van der Waals surface area contributed by atoms with Gasteiger partial charge in [0.1, 0.15) is 5.60 Å². The highest BCUT2D eigenvalue weighted by Gasteiger charge is 2.18. The van der Waals surface area contributed by atoms with Gasteiger partial charge >= 0.3 is 6.09 Å². The van der Waals surface area contributed by atoms with Gasteiger partial charge in [-0.15, -0.1) is 0 Å². The quantitative estimate of drug-likeness (QED) is 0.918. The lowest BCUT2D eigenvalue weighted by Gasteiger charge is -2.19. The van der Waals surface area contributed by atoms with E-state index >= 15 is 0 Å². The van der Waals surface area contributed by atoms with Gasteiger partial charge in [-0.25, -0.2) is 13.2 Å². The minimum Gasteiger partial charge on any atom is -0.444 e. The molecule has 0 unspecified atom stereocenters. The molecule has 1 amide bonds. The molecule has 6 heteroatoms. The SMILES string of the molecule is CC(C)(C)OC(=O)NCc1ccc(S(=O)(=O)c2ccccc2)cc1. The van der Waals surface area contributed by atoms with E-state index in [1.54, 1.807) is 63.2 Å². The Hall–Kier alpha value is -2.34. The van der Waals surface area contributed by atoms with E-state index in [1.807, 2.05) is 0 Å². The second-order valence-electron chi connectivity index (χ2n) is 6.32. The van der Waals surface area contributed by atoms with Gasteiger partial charge in [0.25, 0.3) is 0 Å². The van der Waals surface area contributed by atoms with Crippen molar-refractivity contribution in [2.45, 2.75) is 42.7 Å². The van der Waals surface area contributed by atoms with Gasteiger partial charge in [0.2, 0.25) is 9.84 Å². The van der Waals surface area contributed by atoms with E-state index in [9.17, 15) is 13.2 Å². The Bertz CT molecular complexity index is 791. The van der Waals surface area contributed by atoms with Crippen LogP contribution in [0.3, 0.4) is 0 Å². The van der Waals surface area contributed by atoms with E-state index in [2.05, 4.69) is 5.32 Å². The summed E-state index contributed by atoms with van der Waals surface area (Å²) in [4.78, 5) is 12.1. The molecule has 2 aromatic carbocycles. The number of ether oxygens (including phenoxy) is 1. The predicted molar refractivity (Wildman–Crippen MR) is 91.4 cm³/mol. The minimum atomic E-state index is -3.52. The van der Waals surface area contributed by atoms with Crippen molar-refractivity contribution >= 4 is 15.9 Å². The largest absolute Gasteiger partial charge is 0.444 e. The van der Waals surface area contributed by atoms with Gasteiger partial charge in [-0.1, -0.05) is 30.3 Å². The Morgan fingerprint density at radius 3 is 2.04 bits per heavy atom. The van der Waals surface area contributed by atoms with Gasteiger partial charge in [0.15, 0.2) is 0 Å². The summed E-state index contributed by atoms with van der Waals surface area (Å²) >= 11 is 0. The fraction of sp³-hybridized carbons (Fsp3) is 0.278. The third kappa shape index (κ3) is 4.83. The van der Waals surface area contributed by atoms with Crippen molar-refractivity contribution < 1.29 is 17.9 Å². The summed E-state index contributed by atoms with van der Waals surface area (Å²) in [5.74, 6) is 0. The number of sulfone groups is 1. The van der Waals surface area contributed by atoms with Crippen LogP contribution in [-0.2, 0) is 21.1 Å². The Balaban J connectivity index is 2.05. The summed E-state index contributed by atoms with van der Waals surface area (Å²) in [6.45, 7) is 5.63. The average Bonchev–Trinajstić information content (AvgIpc) is 2.52. The number of alkyl carbamates (subject to hydrolysis) is 1. The predicted octanol–water partition coefficient (Wildman–Crippen LogP) is 3.54. The molecule has 0 atom stereocenters. The molecule has 128 valence electrons. The third-order valence-corrected chi connectivity index (χ3v) is 4.91. The smallest absolute Gasteiger partial charge is 0.407 e. The van der Waals surface area contributed by atoms with Gasteiger partial charge in [-0.05, 0) is 50.6 Å². The Morgan fingerprint density at radius 1 is 0.958 bits per heavy atom. The zero-order valence-electron chi connectivity index (χ0n) is 13.9. The van der Waals surface area contributed by atoms with Crippen LogP contribution in [0.4, 0.5) is 4.79 Å². The number of carbonyl (C=O) groups excluding carboxylic acids is 1. The number of nitrogens with one attached hydrogen (secondary N) is 1. The zero-order valence-corrected chi connectivity index (χ0v) is 14.8. The highest BCUT2D eigenvalue weighted by atomic mass is 32.2. The molecule has 0 aliphatic heterocycles. The first-order valence-corrected chi connectivity index (χ1v) is 9.03. The summed E-state index contributed by atoms with van der Waals surface area (Å²) in [6.07, 6.45) is -0.511. The lowest BCUT2D eigenvalue weighted by molar-refractivity contribution is 0.0523. The van der Waals surface area contributed by atoms with Crippen LogP contribution in [0, 0.1) is 0 Å². The molecule has 0 fully saturated rings. The van der Waals surface area contributed by atoms with E-state index in [0.717, 1.165) is 5.56 Å². The van der Waals surface area contributed by atoms with Gasteiger partial charge in [0.05, 0.1) is 9.79 Å². The minimum absolute atomic E-state index is 0.217. The van der Waals surface area contributed by atoms with Crippen molar-refractivity contribution in [2.75, 3.05) is 0 Å². The molecule has 0 aliphatic carbocycles. The van der Waals surface area contributed by atoms with Gasteiger partial charge in [0, 0.05) is 6.54 Å². The van der Waals surface area contributed by atoms with Crippen LogP contribution < -0.4 is 5.32 Å². The summed E-state index contributed by atoms with van der Waals surface area (Å²) in [5, 5.41) is 2.63. The van der Waals surface area contributed by atoms with Crippen molar-refractivity contribution in [3.8, 4) is 0 Å². The van der Waals surface area contributed by atoms with Gasteiger partial charge in [-0.3, -0.25) is 0 Å². The number of amides is 1. The molecule has 0 saturated carbocycles. The second-order valence-corrected chi connectivity index (χ2v) is 8.27. The molecule has 2 aromatic rings. The van der Waals surface area contributed by atoms with E-state index in [1.165, 1.54) is 12.1 Å². The monoisotopic (exact) mass is 347 g/mol. The molecule has 0 heterocycles. The van der Waals surface area contributed by atoms with E-state index in [4.69, 9.17) is 4.74 Å². The first-order chi connectivity index (χ1) is 11.2. The van der Waals surface area contributed by atoms with Crippen LogP contribution in [0.1, 0.15) is 26.3 Å². The summed E-state index contributed by atoms with van der Waals surface area (Å²) in [7, 11) is -3.52. The van der Waals surface area contributed by atoms with Gasteiger partial charge in [-0.2, -0.15) is 0 Å². The Morgan fingerprint density at radius 2 is 1.50 bits per heavy atom. The number of hydrogen-bond acceptors (Lipinski definition) is 4. The highest BCUT2D eigenvalue weighted by molar-refractivity contribution is 7.91. The van der Waals surface area contributed by atoms with E-state index < -0.39 is 21.5 Å². The van der Waals surface area contributed by atoms with Gasteiger partial charge < -0.3 is 10.1 Å². The van der Waals surface area contributed by atoms with E-state index in [0.29, 0.717) is 0 Å². The maximum Gasteiger partial charge on any atom is 0.407 e. The van der Waals surface area contributed by atoms with Crippen LogP contribution in [0.5, 0.6) is 0 Å². The number of rotatable bonds is 4.